The number of halogens is 1. The van der Waals surface area contributed by atoms with Gasteiger partial charge in [-0.05, 0) is 37.8 Å². The molecule has 0 spiro atoms. The number of hydrogen-bond donors (Lipinski definition) is 0. The third-order valence-corrected chi connectivity index (χ3v) is 2.59. The van der Waals surface area contributed by atoms with Crippen LogP contribution >= 0.6 is 0 Å². The highest BCUT2D eigenvalue weighted by atomic mass is 19.1. The first-order valence-corrected chi connectivity index (χ1v) is 4.96. The summed E-state index contributed by atoms with van der Waals surface area (Å²) in [6.45, 7) is 1.87. The van der Waals surface area contributed by atoms with Crippen molar-refractivity contribution in [3.63, 3.8) is 0 Å². The molecule has 0 atom stereocenters. The van der Waals surface area contributed by atoms with Gasteiger partial charge in [0.25, 0.3) is 0 Å². The van der Waals surface area contributed by atoms with Crippen molar-refractivity contribution in [2.75, 3.05) is 0 Å². The summed E-state index contributed by atoms with van der Waals surface area (Å²) in [6.07, 6.45) is 2.76. The summed E-state index contributed by atoms with van der Waals surface area (Å²) in [4.78, 5) is 11.6. The van der Waals surface area contributed by atoms with Crippen LogP contribution in [0.15, 0.2) is 18.2 Å². The van der Waals surface area contributed by atoms with Gasteiger partial charge in [-0.15, -0.1) is 0 Å². The highest BCUT2D eigenvalue weighted by Gasteiger charge is 2.25. The quantitative estimate of drug-likeness (QED) is 0.672. The second-order valence-corrected chi connectivity index (χ2v) is 4.05. The van der Waals surface area contributed by atoms with Gasteiger partial charge in [0.15, 0.2) is 5.78 Å². The summed E-state index contributed by atoms with van der Waals surface area (Å²) in [5.74, 6) is 0.0809. The molecule has 0 heterocycles. The summed E-state index contributed by atoms with van der Waals surface area (Å²) in [7, 11) is 0. The van der Waals surface area contributed by atoms with Crippen LogP contribution in [0, 0.1) is 18.7 Å². The largest absolute Gasteiger partial charge is 0.294 e. The molecule has 0 bridgehead atoms. The number of rotatable bonds is 3. The Morgan fingerprint density at radius 2 is 2.21 bits per heavy atom. The molecule has 1 saturated carbocycles. The molecule has 0 unspecified atom stereocenters. The van der Waals surface area contributed by atoms with Crippen LogP contribution < -0.4 is 0 Å². The Hall–Kier alpha value is -1.18. The van der Waals surface area contributed by atoms with Gasteiger partial charge in [-0.3, -0.25) is 4.79 Å². The van der Waals surface area contributed by atoms with Crippen molar-refractivity contribution < 1.29 is 9.18 Å². The van der Waals surface area contributed by atoms with Gasteiger partial charge in [0, 0.05) is 6.42 Å². The predicted octanol–water partition coefficient (Wildman–Crippen LogP) is 3.12. The normalized spacial score (nSPS) is 15.6. The van der Waals surface area contributed by atoms with Crippen molar-refractivity contribution in [1.82, 2.24) is 0 Å². The molecule has 0 radical (unpaired) electrons. The average molecular weight is 192 g/mol. The van der Waals surface area contributed by atoms with Gasteiger partial charge in [0.1, 0.15) is 5.82 Å². The molecule has 0 amide bonds. The van der Waals surface area contributed by atoms with Crippen LogP contribution in [0.1, 0.15) is 35.2 Å². The molecule has 2 heteroatoms. The van der Waals surface area contributed by atoms with Crippen LogP contribution in [0.5, 0.6) is 0 Å². The van der Waals surface area contributed by atoms with Crippen LogP contribution in [-0.2, 0) is 0 Å². The van der Waals surface area contributed by atoms with Crippen LogP contribution in [-0.4, -0.2) is 5.78 Å². The minimum atomic E-state index is -0.388. The lowest BCUT2D eigenvalue weighted by Crippen LogP contribution is -2.03. The molecule has 2 rings (SSSR count). The third-order valence-electron chi connectivity index (χ3n) is 2.59. The summed E-state index contributed by atoms with van der Waals surface area (Å²) >= 11 is 0. The van der Waals surface area contributed by atoms with Gasteiger partial charge in [-0.2, -0.15) is 0 Å². The van der Waals surface area contributed by atoms with E-state index in [-0.39, 0.29) is 17.2 Å². The van der Waals surface area contributed by atoms with Gasteiger partial charge in [-0.25, -0.2) is 4.39 Å². The third kappa shape index (κ3) is 2.00. The van der Waals surface area contributed by atoms with Gasteiger partial charge in [0.05, 0.1) is 5.56 Å². The number of benzene rings is 1. The SMILES string of the molecule is Cc1ccc(F)c(C(=O)CC2CC2)c1. The van der Waals surface area contributed by atoms with Crippen molar-refractivity contribution in [3.8, 4) is 0 Å². The lowest BCUT2D eigenvalue weighted by molar-refractivity contribution is 0.0972. The van der Waals surface area contributed by atoms with Crippen molar-refractivity contribution in [3.05, 3.63) is 35.1 Å². The predicted molar refractivity (Wildman–Crippen MR) is 52.8 cm³/mol. The number of carbonyl (C=O) groups excluding carboxylic acids is 1. The molecule has 0 N–H and O–H groups in total. The first kappa shape index (κ1) is 9.38. The van der Waals surface area contributed by atoms with Gasteiger partial charge >= 0.3 is 0 Å². The first-order valence-electron chi connectivity index (χ1n) is 4.96. The summed E-state index contributed by atoms with van der Waals surface area (Å²) < 4.78 is 13.3. The second kappa shape index (κ2) is 3.52. The van der Waals surface area contributed by atoms with E-state index in [4.69, 9.17) is 0 Å². The Morgan fingerprint density at radius 3 is 2.86 bits per heavy atom. The molecule has 0 saturated heterocycles. The first-order chi connectivity index (χ1) is 6.66. The average Bonchev–Trinajstić information content (AvgIpc) is 2.93. The molecule has 1 aliphatic rings. The number of Topliss-reactive ketones (excluding diaryl/α,β-unsaturated/α-hetero) is 1. The monoisotopic (exact) mass is 192 g/mol. The van der Waals surface area contributed by atoms with E-state index in [0.717, 1.165) is 18.4 Å². The van der Waals surface area contributed by atoms with E-state index in [0.29, 0.717) is 12.3 Å². The molecule has 0 aromatic heterocycles. The van der Waals surface area contributed by atoms with Crippen molar-refractivity contribution >= 4 is 5.78 Å². The molecule has 0 aliphatic heterocycles. The molecule has 1 fully saturated rings. The smallest absolute Gasteiger partial charge is 0.166 e. The minimum absolute atomic E-state index is 0.0475. The summed E-state index contributed by atoms with van der Waals surface area (Å²) in [6, 6.07) is 4.69. The lowest BCUT2D eigenvalue weighted by atomic mass is 10.0. The van der Waals surface area contributed by atoms with Crippen LogP contribution in [0.4, 0.5) is 4.39 Å². The number of aryl methyl sites for hydroxylation is 1. The molecular formula is C12H13FO. The number of ketones is 1. The maximum atomic E-state index is 13.3. The standard InChI is InChI=1S/C12H13FO/c1-8-2-5-11(13)10(6-8)12(14)7-9-3-4-9/h2,5-6,9H,3-4,7H2,1H3. The fourth-order valence-electron chi connectivity index (χ4n) is 1.55. The topological polar surface area (TPSA) is 17.1 Å². The van der Waals surface area contributed by atoms with Crippen molar-refractivity contribution in [2.45, 2.75) is 26.2 Å². The van der Waals surface area contributed by atoms with Gasteiger partial charge < -0.3 is 0 Å². The zero-order valence-corrected chi connectivity index (χ0v) is 8.22. The number of carbonyl (C=O) groups is 1. The molecular weight excluding hydrogens is 179 g/mol. The molecule has 14 heavy (non-hydrogen) atoms. The Labute approximate surface area is 82.9 Å². The van der Waals surface area contributed by atoms with E-state index >= 15 is 0 Å². The van der Waals surface area contributed by atoms with E-state index in [1.165, 1.54) is 6.07 Å². The van der Waals surface area contributed by atoms with Crippen LogP contribution in [0.2, 0.25) is 0 Å². The van der Waals surface area contributed by atoms with Gasteiger partial charge in [-0.1, -0.05) is 11.6 Å². The van der Waals surface area contributed by atoms with Crippen molar-refractivity contribution in [2.24, 2.45) is 5.92 Å². The fourth-order valence-corrected chi connectivity index (χ4v) is 1.55. The number of hydrogen-bond acceptors (Lipinski definition) is 1. The Morgan fingerprint density at radius 1 is 1.50 bits per heavy atom. The van der Waals surface area contributed by atoms with Crippen LogP contribution in [0.25, 0.3) is 0 Å². The van der Waals surface area contributed by atoms with Crippen molar-refractivity contribution in [1.29, 1.82) is 0 Å². The van der Waals surface area contributed by atoms with E-state index < -0.39 is 0 Å². The fraction of sp³-hybridized carbons (Fsp3) is 0.417. The summed E-state index contributed by atoms with van der Waals surface area (Å²) in [5, 5.41) is 0. The van der Waals surface area contributed by atoms with E-state index in [1.54, 1.807) is 12.1 Å². The second-order valence-electron chi connectivity index (χ2n) is 4.05. The maximum absolute atomic E-state index is 13.3. The Balaban J connectivity index is 2.20. The van der Waals surface area contributed by atoms with Crippen LogP contribution in [0.3, 0.4) is 0 Å². The molecule has 1 nitrogen and oxygen atoms in total. The zero-order chi connectivity index (χ0) is 10.1. The van der Waals surface area contributed by atoms with E-state index in [2.05, 4.69) is 0 Å². The lowest BCUT2D eigenvalue weighted by Gasteiger charge is -2.02. The molecule has 1 aliphatic carbocycles. The molecule has 74 valence electrons. The zero-order valence-electron chi connectivity index (χ0n) is 8.22. The Kier molecular flexibility index (Phi) is 2.36. The highest BCUT2D eigenvalue weighted by Crippen LogP contribution is 2.33. The molecule has 1 aromatic carbocycles. The highest BCUT2D eigenvalue weighted by molar-refractivity contribution is 5.96. The van der Waals surface area contributed by atoms with E-state index in [9.17, 15) is 9.18 Å². The maximum Gasteiger partial charge on any atom is 0.166 e. The minimum Gasteiger partial charge on any atom is -0.294 e. The Bertz CT molecular complexity index is 367. The molecule has 1 aromatic rings. The summed E-state index contributed by atoms with van der Waals surface area (Å²) in [5.41, 5.74) is 1.20. The van der Waals surface area contributed by atoms with E-state index in [1.807, 2.05) is 6.92 Å². The van der Waals surface area contributed by atoms with Gasteiger partial charge in [0.2, 0.25) is 0 Å².